The van der Waals surface area contributed by atoms with Crippen molar-refractivity contribution in [3.8, 4) is 0 Å². The third-order valence-electron chi connectivity index (χ3n) is 2.94. The summed E-state index contributed by atoms with van der Waals surface area (Å²) in [6, 6.07) is 4.90. The largest absolute Gasteiger partial charge is 0.396 e. The van der Waals surface area contributed by atoms with Crippen LogP contribution in [0.5, 0.6) is 0 Å². The number of nitrogens with one attached hydrogen (secondary N) is 1. The highest BCUT2D eigenvalue weighted by atomic mass is 32.1. The zero-order valence-electron chi connectivity index (χ0n) is 10.8. The van der Waals surface area contributed by atoms with E-state index < -0.39 is 0 Å². The second-order valence-corrected chi connectivity index (χ2v) is 5.43. The fourth-order valence-electron chi connectivity index (χ4n) is 1.99. The monoisotopic (exact) mass is 255 g/mol. The van der Waals surface area contributed by atoms with Gasteiger partial charge in [-0.05, 0) is 37.3 Å². The maximum Gasteiger partial charge on any atom is 0.0431 e. The van der Waals surface area contributed by atoms with Crippen molar-refractivity contribution in [3.05, 3.63) is 22.4 Å². The molecule has 2 nitrogen and oxygen atoms in total. The molecule has 0 aliphatic heterocycles. The Morgan fingerprint density at radius 1 is 1.29 bits per heavy atom. The zero-order valence-corrected chi connectivity index (χ0v) is 11.6. The van der Waals surface area contributed by atoms with Gasteiger partial charge in [-0.2, -0.15) is 0 Å². The Morgan fingerprint density at radius 2 is 2.12 bits per heavy atom. The molecule has 17 heavy (non-hydrogen) atoms. The summed E-state index contributed by atoms with van der Waals surface area (Å²) in [5.41, 5.74) is 0. The molecule has 1 heterocycles. The number of aliphatic hydroxyl groups excluding tert-OH is 1. The Labute approximate surface area is 109 Å². The van der Waals surface area contributed by atoms with Gasteiger partial charge in [0.15, 0.2) is 0 Å². The third kappa shape index (κ3) is 6.20. The Morgan fingerprint density at radius 3 is 2.76 bits per heavy atom. The van der Waals surface area contributed by atoms with Gasteiger partial charge in [-0.1, -0.05) is 32.3 Å². The lowest BCUT2D eigenvalue weighted by Crippen LogP contribution is -2.21. The summed E-state index contributed by atoms with van der Waals surface area (Å²) in [4.78, 5) is 1.46. The van der Waals surface area contributed by atoms with E-state index >= 15 is 0 Å². The maximum atomic E-state index is 8.69. The molecular formula is C14H25NOS. The molecule has 0 fully saturated rings. The lowest BCUT2D eigenvalue weighted by molar-refractivity contribution is 0.282. The van der Waals surface area contributed by atoms with Crippen molar-refractivity contribution in [2.75, 3.05) is 13.2 Å². The van der Waals surface area contributed by atoms with Gasteiger partial charge in [-0.25, -0.2) is 0 Å². The first-order valence-electron chi connectivity index (χ1n) is 6.76. The molecule has 0 aliphatic carbocycles. The van der Waals surface area contributed by atoms with Gasteiger partial charge in [-0.3, -0.25) is 0 Å². The predicted octanol–water partition coefficient (Wildman–Crippen LogP) is 3.73. The van der Waals surface area contributed by atoms with Crippen LogP contribution >= 0.6 is 11.3 Å². The van der Waals surface area contributed by atoms with Crippen LogP contribution in [0, 0.1) is 0 Å². The fourth-order valence-corrected chi connectivity index (χ4v) is 2.83. The van der Waals surface area contributed by atoms with Gasteiger partial charge in [0.2, 0.25) is 0 Å². The maximum absolute atomic E-state index is 8.69. The van der Waals surface area contributed by atoms with Crippen LogP contribution < -0.4 is 5.32 Å². The molecule has 3 heteroatoms. The molecule has 2 N–H and O–H groups in total. The molecule has 0 bridgehead atoms. The molecule has 1 atom stereocenters. The number of rotatable bonds is 10. The van der Waals surface area contributed by atoms with Gasteiger partial charge in [-0.15, -0.1) is 11.3 Å². The van der Waals surface area contributed by atoms with Crippen LogP contribution in [0.4, 0.5) is 0 Å². The van der Waals surface area contributed by atoms with Crippen LogP contribution in [0.15, 0.2) is 17.5 Å². The molecule has 1 aromatic rings. The van der Waals surface area contributed by atoms with Crippen molar-refractivity contribution in [1.29, 1.82) is 0 Å². The van der Waals surface area contributed by atoms with Crippen molar-refractivity contribution >= 4 is 11.3 Å². The summed E-state index contributed by atoms with van der Waals surface area (Å²) >= 11 is 1.85. The van der Waals surface area contributed by atoms with E-state index in [9.17, 15) is 0 Å². The molecule has 0 spiro atoms. The highest BCUT2D eigenvalue weighted by Crippen LogP contribution is 2.23. The van der Waals surface area contributed by atoms with Crippen LogP contribution in [0.2, 0.25) is 0 Å². The molecule has 0 amide bonds. The molecule has 1 aromatic heterocycles. The number of hydrogen-bond acceptors (Lipinski definition) is 3. The van der Waals surface area contributed by atoms with Crippen molar-refractivity contribution in [2.24, 2.45) is 0 Å². The molecule has 98 valence electrons. The van der Waals surface area contributed by atoms with E-state index in [0.29, 0.717) is 12.6 Å². The molecule has 1 rings (SSSR count). The van der Waals surface area contributed by atoms with Crippen LogP contribution in [0.25, 0.3) is 0 Å². The van der Waals surface area contributed by atoms with Gasteiger partial charge in [0.05, 0.1) is 0 Å². The van der Waals surface area contributed by atoms with E-state index in [1.165, 1.54) is 30.6 Å². The fraction of sp³-hybridized carbons (Fsp3) is 0.714. The average Bonchev–Trinajstić information content (AvgIpc) is 2.86. The Kier molecular flexibility index (Phi) is 8.32. The summed E-state index contributed by atoms with van der Waals surface area (Å²) in [5.74, 6) is 0. The van der Waals surface area contributed by atoms with Gasteiger partial charge in [0.1, 0.15) is 0 Å². The van der Waals surface area contributed by atoms with Gasteiger partial charge >= 0.3 is 0 Å². The first kappa shape index (κ1) is 14.7. The molecule has 0 aromatic carbocycles. The van der Waals surface area contributed by atoms with Crippen LogP contribution in [0.1, 0.15) is 56.4 Å². The van der Waals surface area contributed by atoms with Gasteiger partial charge < -0.3 is 10.4 Å². The normalized spacial score (nSPS) is 12.8. The number of aliphatic hydroxyl groups is 1. The Balaban J connectivity index is 2.17. The molecule has 0 radical (unpaired) electrons. The first-order chi connectivity index (χ1) is 8.38. The minimum absolute atomic E-state index is 0.334. The minimum atomic E-state index is 0.334. The van der Waals surface area contributed by atoms with Crippen molar-refractivity contribution < 1.29 is 5.11 Å². The van der Waals surface area contributed by atoms with E-state index in [2.05, 4.69) is 29.8 Å². The lowest BCUT2D eigenvalue weighted by atomic mass is 10.1. The predicted molar refractivity (Wildman–Crippen MR) is 75.5 cm³/mol. The highest BCUT2D eigenvalue weighted by Gasteiger charge is 2.09. The van der Waals surface area contributed by atoms with Crippen molar-refractivity contribution in [2.45, 2.75) is 51.5 Å². The second-order valence-electron chi connectivity index (χ2n) is 4.45. The van der Waals surface area contributed by atoms with E-state index in [0.717, 1.165) is 19.4 Å². The highest BCUT2D eigenvalue weighted by molar-refractivity contribution is 7.10. The van der Waals surface area contributed by atoms with E-state index in [-0.39, 0.29) is 0 Å². The van der Waals surface area contributed by atoms with Crippen LogP contribution in [-0.4, -0.2) is 18.3 Å². The minimum Gasteiger partial charge on any atom is -0.396 e. The molecule has 0 saturated carbocycles. The molecule has 0 saturated heterocycles. The summed E-state index contributed by atoms with van der Waals surface area (Å²) in [5, 5.41) is 14.5. The standard InChI is InChI=1S/C14H25NOS/c1-2-8-13(14-9-7-12-17-14)15-10-5-3-4-6-11-16/h7,9,12-13,15-16H,2-6,8,10-11H2,1H3. The quantitative estimate of drug-likeness (QED) is 0.624. The topological polar surface area (TPSA) is 32.3 Å². The molecule has 1 unspecified atom stereocenters. The van der Waals surface area contributed by atoms with Gasteiger partial charge in [0, 0.05) is 17.5 Å². The summed E-state index contributed by atoms with van der Waals surface area (Å²) < 4.78 is 0. The van der Waals surface area contributed by atoms with Crippen LogP contribution in [-0.2, 0) is 0 Å². The van der Waals surface area contributed by atoms with Crippen molar-refractivity contribution in [3.63, 3.8) is 0 Å². The number of hydrogen-bond donors (Lipinski definition) is 2. The Hall–Kier alpha value is -0.380. The van der Waals surface area contributed by atoms with E-state index in [1.54, 1.807) is 0 Å². The summed E-state index contributed by atoms with van der Waals surface area (Å²) in [6.07, 6.45) is 6.97. The third-order valence-corrected chi connectivity index (χ3v) is 3.93. The van der Waals surface area contributed by atoms with Crippen LogP contribution in [0.3, 0.4) is 0 Å². The lowest BCUT2D eigenvalue weighted by Gasteiger charge is -2.16. The first-order valence-corrected chi connectivity index (χ1v) is 7.64. The summed E-state index contributed by atoms with van der Waals surface area (Å²) in [7, 11) is 0. The number of unbranched alkanes of at least 4 members (excludes halogenated alkanes) is 3. The second kappa shape index (κ2) is 9.63. The summed E-state index contributed by atoms with van der Waals surface area (Å²) in [6.45, 7) is 3.67. The molecular weight excluding hydrogens is 230 g/mol. The SMILES string of the molecule is CCCC(NCCCCCCO)c1cccs1. The molecule has 0 aliphatic rings. The average molecular weight is 255 g/mol. The smallest absolute Gasteiger partial charge is 0.0431 e. The Bertz CT molecular complexity index is 261. The van der Waals surface area contributed by atoms with E-state index in [1.807, 2.05) is 11.3 Å². The van der Waals surface area contributed by atoms with E-state index in [4.69, 9.17) is 5.11 Å². The zero-order chi connectivity index (χ0) is 12.3. The van der Waals surface area contributed by atoms with Crippen molar-refractivity contribution in [1.82, 2.24) is 5.32 Å². The number of thiophene rings is 1. The van der Waals surface area contributed by atoms with Gasteiger partial charge in [0.25, 0.3) is 0 Å².